The summed E-state index contributed by atoms with van der Waals surface area (Å²) in [5.74, 6) is 0.260. The molecular formula is C12H14Cl2F3N. The summed E-state index contributed by atoms with van der Waals surface area (Å²) in [6.07, 6.45) is -1.32. The average Bonchev–Trinajstić information content (AvgIpc) is 2.13. The second-order valence-electron chi connectivity index (χ2n) is 4.45. The third kappa shape index (κ3) is 3.11. The standard InChI is InChI=1S/C12H13ClF3N.ClH/c13-10-5-4-8(12(14,15)16)6-9(10)11(17)7-2-1-3-7;/h4-7,11H,1-3,17H2;1H/t11-;/m1./s1. The van der Waals surface area contributed by atoms with E-state index in [1.54, 1.807) is 0 Å². The summed E-state index contributed by atoms with van der Waals surface area (Å²) in [6, 6.07) is 2.95. The summed E-state index contributed by atoms with van der Waals surface area (Å²) in [7, 11) is 0. The first kappa shape index (κ1) is 15.6. The van der Waals surface area contributed by atoms with Gasteiger partial charge in [-0.05, 0) is 42.5 Å². The molecule has 0 bridgehead atoms. The van der Waals surface area contributed by atoms with Crippen LogP contribution in [0.5, 0.6) is 0 Å². The van der Waals surface area contributed by atoms with Crippen LogP contribution in [0.1, 0.15) is 36.4 Å². The maximum Gasteiger partial charge on any atom is 0.416 e. The molecule has 0 saturated heterocycles. The Morgan fingerprint density at radius 2 is 1.89 bits per heavy atom. The lowest BCUT2D eigenvalue weighted by Gasteiger charge is -2.32. The van der Waals surface area contributed by atoms with Crippen molar-refractivity contribution in [2.24, 2.45) is 11.7 Å². The lowest BCUT2D eigenvalue weighted by Crippen LogP contribution is -2.27. The first-order valence-corrected chi connectivity index (χ1v) is 5.89. The van der Waals surface area contributed by atoms with E-state index in [0.29, 0.717) is 10.6 Å². The number of hydrogen-bond acceptors (Lipinski definition) is 1. The molecule has 6 heteroatoms. The van der Waals surface area contributed by atoms with Gasteiger partial charge in [-0.2, -0.15) is 13.2 Å². The maximum atomic E-state index is 12.6. The normalized spacial score (nSPS) is 17.8. The highest BCUT2D eigenvalue weighted by atomic mass is 35.5. The summed E-state index contributed by atoms with van der Waals surface area (Å²) < 4.78 is 37.7. The summed E-state index contributed by atoms with van der Waals surface area (Å²) in [5, 5.41) is 0.317. The fraction of sp³-hybridized carbons (Fsp3) is 0.500. The molecule has 1 saturated carbocycles. The first-order chi connectivity index (χ1) is 7.89. The van der Waals surface area contributed by atoms with Crippen LogP contribution < -0.4 is 5.73 Å². The predicted molar refractivity (Wildman–Crippen MR) is 68.0 cm³/mol. The minimum Gasteiger partial charge on any atom is -0.324 e. The summed E-state index contributed by atoms with van der Waals surface area (Å²) in [5.41, 5.74) is 5.68. The maximum absolute atomic E-state index is 12.6. The van der Waals surface area contributed by atoms with Gasteiger partial charge in [-0.3, -0.25) is 0 Å². The smallest absolute Gasteiger partial charge is 0.324 e. The fourth-order valence-corrected chi connectivity index (χ4v) is 2.27. The number of nitrogens with two attached hydrogens (primary N) is 1. The Hall–Kier alpha value is -0.450. The number of halogens is 5. The van der Waals surface area contributed by atoms with Gasteiger partial charge in [-0.25, -0.2) is 0 Å². The fourth-order valence-electron chi connectivity index (χ4n) is 2.03. The Morgan fingerprint density at radius 1 is 1.28 bits per heavy atom. The van der Waals surface area contributed by atoms with Crippen LogP contribution in [-0.4, -0.2) is 0 Å². The van der Waals surface area contributed by atoms with Gasteiger partial charge in [-0.15, -0.1) is 12.4 Å². The first-order valence-electron chi connectivity index (χ1n) is 5.52. The van der Waals surface area contributed by atoms with Gasteiger partial charge in [0.2, 0.25) is 0 Å². The highest BCUT2D eigenvalue weighted by Crippen LogP contribution is 2.40. The van der Waals surface area contributed by atoms with E-state index in [-0.39, 0.29) is 18.3 Å². The van der Waals surface area contributed by atoms with E-state index in [4.69, 9.17) is 17.3 Å². The Morgan fingerprint density at radius 3 is 2.33 bits per heavy atom. The lowest BCUT2D eigenvalue weighted by atomic mass is 9.77. The summed E-state index contributed by atoms with van der Waals surface area (Å²) in [6.45, 7) is 0. The van der Waals surface area contributed by atoms with Crippen molar-refractivity contribution < 1.29 is 13.2 Å². The second-order valence-corrected chi connectivity index (χ2v) is 4.86. The van der Waals surface area contributed by atoms with Gasteiger partial charge in [0.15, 0.2) is 0 Å². The Labute approximate surface area is 115 Å². The Bertz CT molecular complexity index is 416. The molecule has 1 aromatic carbocycles. The van der Waals surface area contributed by atoms with Crippen molar-refractivity contribution in [3.63, 3.8) is 0 Å². The third-order valence-electron chi connectivity index (χ3n) is 3.34. The van der Waals surface area contributed by atoms with Crippen molar-refractivity contribution in [2.75, 3.05) is 0 Å². The van der Waals surface area contributed by atoms with E-state index in [1.165, 1.54) is 6.07 Å². The Balaban J connectivity index is 0.00000162. The second kappa shape index (κ2) is 5.68. The molecule has 0 amide bonds. The number of hydrogen-bond donors (Lipinski definition) is 1. The minimum absolute atomic E-state index is 0. The zero-order valence-electron chi connectivity index (χ0n) is 9.51. The highest BCUT2D eigenvalue weighted by Gasteiger charge is 2.33. The van der Waals surface area contributed by atoms with Crippen LogP contribution in [0.2, 0.25) is 5.02 Å². The molecule has 1 fully saturated rings. The summed E-state index contributed by atoms with van der Waals surface area (Å²) >= 11 is 5.92. The molecular weight excluding hydrogens is 286 g/mol. The molecule has 1 aliphatic rings. The predicted octanol–water partition coefficient (Wildman–Crippen LogP) is 4.58. The molecule has 0 radical (unpaired) electrons. The van der Waals surface area contributed by atoms with Crippen molar-refractivity contribution in [1.82, 2.24) is 0 Å². The third-order valence-corrected chi connectivity index (χ3v) is 3.68. The van der Waals surface area contributed by atoms with E-state index in [2.05, 4.69) is 0 Å². The molecule has 0 aliphatic heterocycles. The number of rotatable bonds is 2. The topological polar surface area (TPSA) is 26.0 Å². The molecule has 0 heterocycles. The van der Waals surface area contributed by atoms with Crippen LogP contribution in [0, 0.1) is 5.92 Å². The van der Waals surface area contributed by atoms with Crippen LogP contribution >= 0.6 is 24.0 Å². The minimum atomic E-state index is -4.35. The van der Waals surface area contributed by atoms with Gasteiger partial charge in [0.05, 0.1) is 5.56 Å². The van der Waals surface area contributed by atoms with Crippen molar-refractivity contribution in [1.29, 1.82) is 0 Å². The average molecular weight is 300 g/mol. The van der Waals surface area contributed by atoms with Crippen molar-refractivity contribution in [3.05, 3.63) is 34.3 Å². The van der Waals surface area contributed by atoms with Crippen LogP contribution in [0.4, 0.5) is 13.2 Å². The van der Waals surface area contributed by atoms with E-state index < -0.39 is 17.8 Å². The molecule has 0 spiro atoms. The van der Waals surface area contributed by atoms with Crippen molar-refractivity contribution in [2.45, 2.75) is 31.5 Å². The summed E-state index contributed by atoms with van der Waals surface area (Å²) in [4.78, 5) is 0. The zero-order valence-corrected chi connectivity index (χ0v) is 11.1. The van der Waals surface area contributed by atoms with Crippen LogP contribution in [-0.2, 0) is 6.18 Å². The van der Waals surface area contributed by atoms with Crippen LogP contribution in [0.25, 0.3) is 0 Å². The van der Waals surface area contributed by atoms with Crippen LogP contribution in [0.15, 0.2) is 18.2 Å². The molecule has 1 nitrogen and oxygen atoms in total. The molecule has 1 atom stereocenters. The van der Waals surface area contributed by atoms with E-state index in [1.807, 2.05) is 0 Å². The molecule has 0 unspecified atom stereocenters. The van der Waals surface area contributed by atoms with Gasteiger partial charge in [0.1, 0.15) is 0 Å². The molecule has 2 N–H and O–H groups in total. The van der Waals surface area contributed by atoms with E-state index in [0.717, 1.165) is 31.4 Å². The van der Waals surface area contributed by atoms with Crippen LogP contribution in [0.3, 0.4) is 0 Å². The zero-order chi connectivity index (χ0) is 12.6. The largest absolute Gasteiger partial charge is 0.416 e. The molecule has 2 rings (SSSR count). The SMILES string of the molecule is Cl.N[C@@H](c1cc(C(F)(F)F)ccc1Cl)C1CCC1. The van der Waals surface area contributed by atoms with Gasteiger partial charge in [-0.1, -0.05) is 18.0 Å². The molecule has 1 aliphatic carbocycles. The lowest BCUT2D eigenvalue weighted by molar-refractivity contribution is -0.137. The van der Waals surface area contributed by atoms with Gasteiger partial charge >= 0.3 is 6.18 Å². The molecule has 102 valence electrons. The molecule has 18 heavy (non-hydrogen) atoms. The van der Waals surface area contributed by atoms with Crippen molar-refractivity contribution >= 4 is 24.0 Å². The van der Waals surface area contributed by atoms with Gasteiger partial charge in [0.25, 0.3) is 0 Å². The molecule has 1 aromatic rings. The molecule has 0 aromatic heterocycles. The quantitative estimate of drug-likeness (QED) is 0.850. The number of alkyl halides is 3. The van der Waals surface area contributed by atoms with E-state index >= 15 is 0 Å². The van der Waals surface area contributed by atoms with Gasteiger partial charge in [0, 0.05) is 11.1 Å². The number of benzene rings is 1. The van der Waals surface area contributed by atoms with Gasteiger partial charge < -0.3 is 5.73 Å². The highest BCUT2D eigenvalue weighted by molar-refractivity contribution is 6.31. The monoisotopic (exact) mass is 299 g/mol. The van der Waals surface area contributed by atoms with Crippen molar-refractivity contribution in [3.8, 4) is 0 Å². The van der Waals surface area contributed by atoms with E-state index in [9.17, 15) is 13.2 Å². The Kier molecular flexibility index (Phi) is 4.92.